The van der Waals surface area contributed by atoms with Crippen molar-refractivity contribution in [2.24, 2.45) is 5.73 Å². The Labute approximate surface area is 98.0 Å². The zero-order chi connectivity index (χ0) is 12.3. The normalized spacial score (nSPS) is 15.6. The van der Waals surface area contributed by atoms with Crippen LogP contribution in [-0.4, -0.2) is 53.1 Å². The molecule has 1 fully saturated rings. The van der Waals surface area contributed by atoms with Crippen LogP contribution in [0.3, 0.4) is 0 Å². The molecule has 3 N–H and O–H groups in total. The van der Waals surface area contributed by atoms with E-state index in [0.29, 0.717) is 13.1 Å². The molecule has 0 aliphatic carbocycles. The number of nitrogens with zero attached hydrogens (tertiary/aromatic N) is 3. The van der Waals surface area contributed by atoms with Gasteiger partial charge in [-0.1, -0.05) is 0 Å². The minimum atomic E-state index is -0.668. The molecule has 2 heterocycles. The van der Waals surface area contributed by atoms with E-state index in [1.807, 2.05) is 0 Å². The molecule has 2 rings (SSSR count). The summed E-state index contributed by atoms with van der Waals surface area (Å²) < 4.78 is 0. The van der Waals surface area contributed by atoms with Gasteiger partial charge in [0.2, 0.25) is 0 Å². The third-order valence-electron chi connectivity index (χ3n) is 2.63. The van der Waals surface area contributed by atoms with Gasteiger partial charge in [-0.25, -0.2) is 0 Å². The van der Waals surface area contributed by atoms with Crippen molar-refractivity contribution in [2.75, 3.05) is 26.2 Å². The van der Waals surface area contributed by atoms with Gasteiger partial charge < -0.3 is 16.0 Å². The number of hydrogen-bond acceptors (Lipinski definition) is 5. The SMILES string of the molecule is NC(=O)c1cnncc1C(=O)N1CCNCC1. The fraction of sp³-hybridized carbons (Fsp3) is 0.400. The first-order chi connectivity index (χ1) is 8.20. The van der Waals surface area contributed by atoms with E-state index in [1.54, 1.807) is 4.90 Å². The third-order valence-corrected chi connectivity index (χ3v) is 2.63. The van der Waals surface area contributed by atoms with Gasteiger partial charge in [-0.05, 0) is 0 Å². The Bertz CT molecular complexity index is 442. The molecule has 90 valence electrons. The topological polar surface area (TPSA) is 101 Å². The maximum atomic E-state index is 12.1. The molecule has 7 heteroatoms. The van der Waals surface area contributed by atoms with Crippen molar-refractivity contribution in [3.8, 4) is 0 Å². The van der Waals surface area contributed by atoms with E-state index < -0.39 is 5.91 Å². The van der Waals surface area contributed by atoms with Crippen LogP contribution in [0.4, 0.5) is 0 Å². The highest BCUT2D eigenvalue weighted by Crippen LogP contribution is 2.09. The Kier molecular flexibility index (Phi) is 3.29. The lowest BCUT2D eigenvalue weighted by molar-refractivity contribution is 0.0730. The highest BCUT2D eigenvalue weighted by molar-refractivity contribution is 6.06. The lowest BCUT2D eigenvalue weighted by atomic mass is 10.1. The van der Waals surface area contributed by atoms with Crippen LogP contribution in [0, 0.1) is 0 Å². The molecular weight excluding hydrogens is 222 g/mol. The van der Waals surface area contributed by atoms with Crippen molar-refractivity contribution in [3.05, 3.63) is 23.5 Å². The Hall–Kier alpha value is -2.02. The average molecular weight is 235 g/mol. The van der Waals surface area contributed by atoms with E-state index in [9.17, 15) is 9.59 Å². The summed E-state index contributed by atoms with van der Waals surface area (Å²) in [5.74, 6) is -0.895. The summed E-state index contributed by atoms with van der Waals surface area (Å²) in [4.78, 5) is 25.0. The van der Waals surface area contributed by atoms with E-state index in [4.69, 9.17) is 5.73 Å². The Balaban J connectivity index is 2.26. The molecule has 0 atom stereocenters. The standard InChI is InChI=1S/C10H13N5O2/c11-9(16)7-5-13-14-6-8(7)10(17)15-3-1-12-2-4-15/h5-6,12H,1-4H2,(H2,11,16). The van der Waals surface area contributed by atoms with Gasteiger partial charge in [0.1, 0.15) is 0 Å². The molecule has 17 heavy (non-hydrogen) atoms. The number of rotatable bonds is 2. The monoisotopic (exact) mass is 235 g/mol. The third kappa shape index (κ3) is 2.39. The van der Waals surface area contributed by atoms with Gasteiger partial charge >= 0.3 is 0 Å². The summed E-state index contributed by atoms with van der Waals surface area (Å²) in [6.45, 7) is 2.71. The van der Waals surface area contributed by atoms with Crippen molar-refractivity contribution in [1.82, 2.24) is 20.4 Å². The largest absolute Gasteiger partial charge is 0.366 e. The van der Waals surface area contributed by atoms with Gasteiger partial charge in [0.05, 0.1) is 23.5 Å². The van der Waals surface area contributed by atoms with Crippen molar-refractivity contribution >= 4 is 11.8 Å². The van der Waals surface area contributed by atoms with E-state index in [0.717, 1.165) is 13.1 Å². The lowest BCUT2D eigenvalue weighted by Crippen LogP contribution is -2.46. The first-order valence-electron chi connectivity index (χ1n) is 5.30. The van der Waals surface area contributed by atoms with Crippen LogP contribution in [0.1, 0.15) is 20.7 Å². The highest BCUT2D eigenvalue weighted by atomic mass is 16.2. The maximum absolute atomic E-state index is 12.1. The van der Waals surface area contributed by atoms with Gasteiger partial charge in [-0.3, -0.25) is 9.59 Å². The lowest BCUT2D eigenvalue weighted by Gasteiger charge is -2.27. The molecule has 0 unspecified atom stereocenters. The number of amides is 2. The van der Waals surface area contributed by atoms with E-state index in [1.165, 1.54) is 12.4 Å². The first-order valence-corrected chi connectivity index (χ1v) is 5.30. The smallest absolute Gasteiger partial charge is 0.256 e. The quantitative estimate of drug-likeness (QED) is 0.658. The van der Waals surface area contributed by atoms with Crippen molar-refractivity contribution in [2.45, 2.75) is 0 Å². The number of carbonyl (C=O) groups is 2. The van der Waals surface area contributed by atoms with Crippen molar-refractivity contribution in [1.29, 1.82) is 0 Å². The number of carbonyl (C=O) groups excluding carboxylic acids is 2. The van der Waals surface area contributed by atoms with Crippen molar-refractivity contribution < 1.29 is 9.59 Å². The second kappa shape index (κ2) is 4.88. The van der Waals surface area contributed by atoms with Crippen molar-refractivity contribution in [3.63, 3.8) is 0 Å². The van der Waals surface area contributed by atoms with E-state index in [2.05, 4.69) is 15.5 Å². The summed E-state index contributed by atoms with van der Waals surface area (Å²) in [6, 6.07) is 0. The minimum Gasteiger partial charge on any atom is -0.366 e. The fourth-order valence-corrected chi connectivity index (χ4v) is 1.73. The van der Waals surface area contributed by atoms with Crippen LogP contribution in [-0.2, 0) is 0 Å². The number of nitrogens with two attached hydrogens (primary N) is 1. The summed E-state index contributed by atoms with van der Waals surface area (Å²) in [6.07, 6.45) is 2.50. The predicted octanol–water partition coefficient (Wildman–Crippen LogP) is -1.38. The maximum Gasteiger partial charge on any atom is 0.256 e. The van der Waals surface area contributed by atoms with Gasteiger partial charge in [0, 0.05) is 26.2 Å². The van der Waals surface area contributed by atoms with Gasteiger partial charge in [0.25, 0.3) is 11.8 Å². The molecule has 1 saturated heterocycles. The fourth-order valence-electron chi connectivity index (χ4n) is 1.73. The number of piperazine rings is 1. The van der Waals surface area contributed by atoms with Crippen LogP contribution >= 0.6 is 0 Å². The molecule has 0 spiro atoms. The van der Waals surface area contributed by atoms with Crippen LogP contribution in [0.15, 0.2) is 12.4 Å². The molecule has 1 aromatic heterocycles. The van der Waals surface area contributed by atoms with Crippen LogP contribution in [0.5, 0.6) is 0 Å². The number of hydrogen-bond donors (Lipinski definition) is 2. The molecular formula is C10H13N5O2. The van der Waals surface area contributed by atoms with E-state index >= 15 is 0 Å². The van der Waals surface area contributed by atoms with Gasteiger partial charge in [-0.2, -0.15) is 10.2 Å². The van der Waals surface area contributed by atoms with Crippen LogP contribution < -0.4 is 11.1 Å². The summed E-state index contributed by atoms with van der Waals surface area (Å²) in [5.41, 5.74) is 5.52. The molecule has 1 aliphatic heterocycles. The second-order valence-corrected chi connectivity index (χ2v) is 3.72. The molecule has 1 aromatic rings. The summed E-state index contributed by atoms with van der Waals surface area (Å²) in [7, 11) is 0. The number of primary amides is 1. The van der Waals surface area contributed by atoms with Crippen LogP contribution in [0.2, 0.25) is 0 Å². The zero-order valence-corrected chi connectivity index (χ0v) is 9.22. The van der Waals surface area contributed by atoms with E-state index in [-0.39, 0.29) is 17.0 Å². The molecule has 0 aromatic carbocycles. The molecule has 7 nitrogen and oxygen atoms in total. The summed E-state index contributed by atoms with van der Waals surface area (Å²) >= 11 is 0. The van der Waals surface area contributed by atoms with Gasteiger partial charge in [0.15, 0.2) is 0 Å². The van der Waals surface area contributed by atoms with Gasteiger partial charge in [-0.15, -0.1) is 0 Å². The molecule has 0 radical (unpaired) electrons. The van der Waals surface area contributed by atoms with Crippen LogP contribution in [0.25, 0.3) is 0 Å². The average Bonchev–Trinajstić information content (AvgIpc) is 2.39. The minimum absolute atomic E-state index is 0.114. The number of nitrogens with one attached hydrogen (secondary N) is 1. The Morgan fingerprint density at radius 2 is 1.76 bits per heavy atom. The predicted molar refractivity (Wildman–Crippen MR) is 59.3 cm³/mol. The first kappa shape index (κ1) is 11.5. The molecule has 1 aliphatic rings. The highest BCUT2D eigenvalue weighted by Gasteiger charge is 2.22. The molecule has 0 bridgehead atoms. The summed E-state index contributed by atoms with van der Waals surface area (Å²) in [5, 5.41) is 10.3. The molecule has 2 amide bonds. The number of aromatic nitrogens is 2. The zero-order valence-electron chi connectivity index (χ0n) is 9.22. The second-order valence-electron chi connectivity index (χ2n) is 3.72. The Morgan fingerprint density at radius 1 is 1.18 bits per heavy atom. The molecule has 0 saturated carbocycles. The Morgan fingerprint density at radius 3 is 2.35 bits per heavy atom.